The van der Waals surface area contributed by atoms with Crippen LogP contribution in [0.4, 0.5) is 0 Å². The number of primary sulfonamides is 1. The summed E-state index contributed by atoms with van der Waals surface area (Å²) in [4.78, 5) is 12.0. The first-order valence-electron chi connectivity index (χ1n) is 4.18. The largest absolute Gasteiger partial charge is 0.480 e. The summed E-state index contributed by atoms with van der Waals surface area (Å²) in [6.45, 7) is 3.56. The highest BCUT2D eigenvalue weighted by Crippen LogP contribution is 1.97. The smallest absolute Gasteiger partial charge is 0.317 e. The molecule has 0 saturated carbocycles. The van der Waals surface area contributed by atoms with Crippen LogP contribution in [0, 0.1) is 0 Å². The van der Waals surface area contributed by atoms with Gasteiger partial charge in [0.2, 0.25) is 10.0 Å². The molecule has 0 aliphatic rings. The first kappa shape index (κ1) is 13.3. The van der Waals surface area contributed by atoms with Crippen LogP contribution < -0.4 is 5.14 Å². The maximum absolute atomic E-state index is 10.6. The molecule has 0 aliphatic carbocycles. The predicted molar refractivity (Wildman–Crippen MR) is 52.3 cm³/mol. The summed E-state index contributed by atoms with van der Waals surface area (Å²) in [5.41, 5.74) is 0. The molecule has 84 valence electrons. The van der Waals surface area contributed by atoms with Gasteiger partial charge in [0.15, 0.2) is 0 Å². The van der Waals surface area contributed by atoms with E-state index in [-0.39, 0.29) is 24.9 Å². The van der Waals surface area contributed by atoms with Crippen molar-refractivity contribution >= 4 is 16.0 Å². The molecule has 0 bridgehead atoms. The van der Waals surface area contributed by atoms with E-state index in [0.717, 1.165) is 0 Å². The van der Waals surface area contributed by atoms with E-state index in [9.17, 15) is 13.2 Å². The van der Waals surface area contributed by atoms with E-state index in [2.05, 4.69) is 0 Å². The van der Waals surface area contributed by atoms with Gasteiger partial charge in [0, 0.05) is 12.6 Å². The Balaban J connectivity index is 4.18. The van der Waals surface area contributed by atoms with E-state index in [1.165, 1.54) is 4.90 Å². The number of aliphatic carboxylic acids is 1. The SMILES string of the molecule is CC(C)N(CCS(N)(=O)=O)CC(=O)O. The molecular weight excluding hydrogens is 208 g/mol. The van der Waals surface area contributed by atoms with Gasteiger partial charge in [-0.25, -0.2) is 13.6 Å². The van der Waals surface area contributed by atoms with Gasteiger partial charge in [-0.1, -0.05) is 0 Å². The van der Waals surface area contributed by atoms with Crippen molar-refractivity contribution in [1.29, 1.82) is 0 Å². The monoisotopic (exact) mass is 224 g/mol. The Hall–Kier alpha value is -0.660. The van der Waals surface area contributed by atoms with E-state index in [1.807, 2.05) is 0 Å². The van der Waals surface area contributed by atoms with Crippen LogP contribution >= 0.6 is 0 Å². The molecule has 14 heavy (non-hydrogen) atoms. The number of carboxylic acid groups (broad SMARTS) is 1. The molecule has 0 unspecified atom stereocenters. The summed E-state index contributed by atoms with van der Waals surface area (Å²) in [6, 6.07) is -0.0205. The standard InChI is InChI=1S/C7H16N2O4S/c1-6(2)9(5-7(10)11)3-4-14(8,12)13/h6H,3-5H2,1-2H3,(H,10,11)(H2,8,12,13). The van der Waals surface area contributed by atoms with Gasteiger partial charge in [0.1, 0.15) is 0 Å². The lowest BCUT2D eigenvalue weighted by molar-refractivity contribution is -0.138. The van der Waals surface area contributed by atoms with Crippen molar-refractivity contribution in [2.24, 2.45) is 5.14 Å². The van der Waals surface area contributed by atoms with Crippen LogP contribution in [-0.4, -0.2) is 49.3 Å². The van der Waals surface area contributed by atoms with E-state index in [0.29, 0.717) is 0 Å². The van der Waals surface area contributed by atoms with Crippen LogP contribution in [0.1, 0.15) is 13.8 Å². The number of carboxylic acids is 1. The number of nitrogens with two attached hydrogens (primary N) is 1. The predicted octanol–water partition coefficient (Wildman–Crippen LogP) is -0.930. The summed E-state index contributed by atoms with van der Waals surface area (Å²) in [5.74, 6) is -1.20. The number of carbonyl (C=O) groups is 1. The van der Waals surface area contributed by atoms with Crippen molar-refractivity contribution in [3.63, 3.8) is 0 Å². The Labute approximate surface area is 83.7 Å². The second-order valence-corrected chi connectivity index (χ2v) is 5.06. The van der Waals surface area contributed by atoms with Crippen molar-refractivity contribution in [1.82, 2.24) is 4.90 Å². The number of hydrogen-bond acceptors (Lipinski definition) is 4. The van der Waals surface area contributed by atoms with Crippen molar-refractivity contribution < 1.29 is 18.3 Å². The number of sulfonamides is 1. The number of nitrogens with zero attached hydrogens (tertiary/aromatic N) is 1. The second kappa shape index (κ2) is 5.28. The summed E-state index contributed by atoms with van der Waals surface area (Å²) < 4.78 is 21.3. The Bertz CT molecular complexity index is 286. The third kappa shape index (κ3) is 6.81. The molecule has 0 atom stereocenters. The number of rotatable bonds is 6. The second-order valence-electron chi connectivity index (χ2n) is 3.32. The van der Waals surface area contributed by atoms with Crippen molar-refractivity contribution in [3.05, 3.63) is 0 Å². The molecule has 0 aromatic carbocycles. The van der Waals surface area contributed by atoms with Gasteiger partial charge in [-0.15, -0.1) is 0 Å². The maximum Gasteiger partial charge on any atom is 0.317 e. The summed E-state index contributed by atoms with van der Waals surface area (Å²) in [5, 5.41) is 13.4. The van der Waals surface area contributed by atoms with Gasteiger partial charge in [-0.05, 0) is 13.8 Å². The van der Waals surface area contributed by atoms with Gasteiger partial charge in [0.05, 0.1) is 12.3 Å². The molecular formula is C7H16N2O4S. The lowest BCUT2D eigenvalue weighted by Crippen LogP contribution is -2.39. The molecule has 0 aromatic rings. The van der Waals surface area contributed by atoms with Gasteiger partial charge < -0.3 is 5.11 Å². The average Bonchev–Trinajstić information content (AvgIpc) is 1.94. The molecule has 0 amide bonds. The Morgan fingerprint density at radius 3 is 2.29 bits per heavy atom. The summed E-state index contributed by atoms with van der Waals surface area (Å²) in [7, 11) is -3.52. The summed E-state index contributed by atoms with van der Waals surface area (Å²) in [6.07, 6.45) is 0. The molecule has 3 N–H and O–H groups in total. The van der Waals surface area contributed by atoms with Gasteiger partial charge >= 0.3 is 5.97 Å². The minimum atomic E-state index is -3.52. The third-order valence-corrected chi connectivity index (χ3v) is 2.48. The van der Waals surface area contributed by atoms with E-state index in [4.69, 9.17) is 10.2 Å². The van der Waals surface area contributed by atoms with Gasteiger partial charge in [-0.2, -0.15) is 0 Å². The van der Waals surface area contributed by atoms with Crippen molar-refractivity contribution in [2.75, 3.05) is 18.8 Å². The Morgan fingerprint density at radius 1 is 1.50 bits per heavy atom. The minimum absolute atomic E-state index is 0.0205. The van der Waals surface area contributed by atoms with Crippen LogP contribution in [0.5, 0.6) is 0 Å². The van der Waals surface area contributed by atoms with Crippen LogP contribution in [0.25, 0.3) is 0 Å². The van der Waals surface area contributed by atoms with E-state index >= 15 is 0 Å². The van der Waals surface area contributed by atoms with Crippen molar-refractivity contribution in [3.8, 4) is 0 Å². The van der Waals surface area contributed by atoms with Gasteiger partial charge in [0.25, 0.3) is 0 Å². The van der Waals surface area contributed by atoms with Crippen LogP contribution in [0.3, 0.4) is 0 Å². The highest BCUT2D eigenvalue weighted by atomic mass is 32.2. The van der Waals surface area contributed by atoms with Crippen LogP contribution in [0.15, 0.2) is 0 Å². The highest BCUT2D eigenvalue weighted by Gasteiger charge is 2.15. The quantitative estimate of drug-likeness (QED) is 0.607. The lowest BCUT2D eigenvalue weighted by Gasteiger charge is -2.23. The topological polar surface area (TPSA) is 101 Å². The zero-order valence-corrected chi connectivity index (χ0v) is 9.12. The molecule has 6 nitrogen and oxygen atoms in total. The van der Waals surface area contributed by atoms with Crippen molar-refractivity contribution in [2.45, 2.75) is 19.9 Å². The maximum atomic E-state index is 10.6. The number of hydrogen-bond donors (Lipinski definition) is 2. The molecule has 0 radical (unpaired) electrons. The normalized spacial score (nSPS) is 12.4. The Kier molecular flexibility index (Phi) is 5.03. The summed E-state index contributed by atoms with van der Waals surface area (Å²) >= 11 is 0. The molecule has 0 aromatic heterocycles. The highest BCUT2D eigenvalue weighted by molar-refractivity contribution is 7.89. The lowest BCUT2D eigenvalue weighted by atomic mass is 10.3. The van der Waals surface area contributed by atoms with E-state index < -0.39 is 16.0 Å². The third-order valence-electron chi connectivity index (χ3n) is 1.73. The fourth-order valence-corrected chi connectivity index (χ4v) is 1.43. The molecule has 0 aliphatic heterocycles. The molecule has 0 saturated heterocycles. The first-order valence-corrected chi connectivity index (χ1v) is 5.90. The Morgan fingerprint density at radius 2 is 2.00 bits per heavy atom. The zero-order chi connectivity index (χ0) is 11.4. The molecule has 0 spiro atoms. The molecule has 0 fully saturated rings. The first-order chi connectivity index (χ1) is 6.22. The average molecular weight is 224 g/mol. The minimum Gasteiger partial charge on any atom is -0.480 e. The zero-order valence-electron chi connectivity index (χ0n) is 8.30. The molecule has 7 heteroatoms. The fourth-order valence-electron chi connectivity index (χ4n) is 0.938. The molecule has 0 heterocycles. The van der Waals surface area contributed by atoms with E-state index in [1.54, 1.807) is 13.8 Å². The molecule has 0 rings (SSSR count). The fraction of sp³-hybridized carbons (Fsp3) is 0.857. The van der Waals surface area contributed by atoms with Crippen LogP contribution in [-0.2, 0) is 14.8 Å². The van der Waals surface area contributed by atoms with Gasteiger partial charge in [-0.3, -0.25) is 9.69 Å². The van der Waals surface area contributed by atoms with Crippen LogP contribution in [0.2, 0.25) is 0 Å².